The quantitative estimate of drug-likeness (QED) is 0.0331. The van der Waals surface area contributed by atoms with Crippen molar-refractivity contribution in [2.45, 2.75) is 185 Å². The van der Waals surface area contributed by atoms with Gasteiger partial charge in [0.05, 0.1) is 13.2 Å². The Kier molecular flexibility index (Phi) is 29.1. The summed E-state index contributed by atoms with van der Waals surface area (Å²) in [5.41, 5.74) is 0. The van der Waals surface area contributed by atoms with Gasteiger partial charge in [0.25, 0.3) is 0 Å². The number of hydrogen-bond acceptors (Lipinski definition) is 10. The molecule has 6 atom stereocenters. The van der Waals surface area contributed by atoms with Crippen LogP contribution in [0.4, 0.5) is 0 Å². The maximum absolute atomic E-state index is 12.6. The van der Waals surface area contributed by atoms with Crippen molar-refractivity contribution in [1.82, 2.24) is 0 Å². The lowest BCUT2D eigenvalue weighted by molar-refractivity contribution is -0.305. The number of aliphatic hydroxyl groups excluding tert-OH is 4. The van der Waals surface area contributed by atoms with Crippen LogP contribution >= 0.6 is 0 Å². The molecule has 1 aliphatic heterocycles. The molecule has 0 aliphatic carbocycles. The largest absolute Gasteiger partial charge is 0.462 e. The minimum absolute atomic E-state index is 0.122. The van der Waals surface area contributed by atoms with Gasteiger partial charge in [0.15, 0.2) is 12.4 Å². The van der Waals surface area contributed by atoms with Crippen molar-refractivity contribution in [3.05, 3.63) is 36.5 Å². The van der Waals surface area contributed by atoms with Crippen LogP contribution in [0.25, 0.3) is 0 Å². The fourth-order valence-corrected chi connectivity index (χ4v) is 5.59. The maximum Gasteiger partial charge on any atom is 0.306 e. The Labute approximate surface area is 302 Å². The number of allylic oxidation sites excluding steroid dienone is 6. The van der Waals surface area contributed by atoms with E-state index in [4.69, 9.17) is 18.9 Å². The molecular formula is C40H70O10. The lowest BCUT2D eigenvalue weighted by atomic mass is 9.99. The summed E-state index contributed by atoms with van der Waals surface area (Å²) in [7, 11) is 0. The van der Waals surface area contributed by atoms with Crippen LogP contribution in [0.15, 0.2) is 36.5 Å². The van der Waals surface area contributed by atoms with Crippen molar-refractivity contribution in [3.63, 3.8) is 0 Å². The molecule has 0 aromatic rings. The minimum atomic E-state index is -1.60. The highest BCUT2D eigenvalue weighted by Gasteiger charge is 2.44. The first kappa shape index (κ1) is 45.9. The number of unbranched alkanes of at least 4 members (excludes halogenated alkanes) is 14. The second-order valence-electron chi connectivity index (χ2n) is 13.4. The number of ether oxygens (including phenoxy) is 4. The molecule has 1 fully saturated rings. The highest BCUT2D eigenvalue weighted by Crippen LogP contribution is 2.22. The van der Waals surface area contributed by atoms with Gasteiger partial charge in [-0.25, -0.2) is 0 Å². The molecule has 10 heteroatoms. The third-order valence-corrected chi connectivity index (χ3v) is 8.76. The van der Waals surface area contributed by atoms with Gasteiger partial charge in [0.2, 0.25) is 0 Å². The summed E-state index contributed by atoms with van der Waals surface area (Å²) in [6.07, 6.45) is 26.0. The number of rotatable bonds is 31. The van der Waals surface area contributed by atoms with Crippen LogP contribution in [0.5, 0.6) is 0 Å². The molecule has 0 saturated carbocycles. The molecule has 1 rings (SSSR count). The molecule has 50 heavy (non-hydrogen) atoms. The fraction of sp³-hybridized carbons (Fsp3) is 0.800. The van der Waals surface area contributed by atoms with Crippen molar-refractivity contribution < 1.29 is 49.0 Å². The van der Waals surface area contributed by atoms with Crippen LogP contribution in [0.1, 0.15) is 149 Å². The zero-order valence-corrected chi connectivity index (χ0v) is 31.1. The van der Waals surface area contributed by atoms with Gasteiger partial charge >= 0.3 is 11.9 Å². The van der Waals surface area contributed by atoms with Crippen LogP contribution in [0.2, 0.25) is 0 Å². The first-order valence-corrected chi connectivity index (χ1v) is 19.6. The van der Waals surface area contributed by atoms with Gasteiger partial charge in [0, 0.05) is 12.8 Å². The molecule has 0 aromatic heterocycles. The first-order valence-electron chi connectivity index (χ1n) is 19.6. The number of aliphatic hydroxyl groups is 4. The lowest BCUT2D eigenvalue weighted by Crippen LogP contribution is -2.59. The molecule has 0 spiro atoms. The number of carbonyl (C=O) groups is 2. The smallest absolute Gasteiger partial charge is 0.306 e. The summed E-state index contributed by atoms with van der Waals surface area (Å²) in [4.78, 5) is 25.1. The van der Waals surface area contributed by atoms with Crippen LogP contribution in [-0.4, -0.2) is 89.0 Å². The summed E-state index contributed by atoms with van der Waals surface area (Å²) in [6.45, 7) is 3.29. The van der Waals surface area contributed by atoms with Gasteiger partial charge in [0.1, 0.15) is 31.0 Å². The molecule has 0 bridgehead atoms. The van der Waals surface area contributed by atoms with Gasteiger partial charge in [-0.2, -0.15) is 0 Å². The van der Waals surface area contributed by atoms with E-state index in [0.717, 1.165) is 51.4 Å². The van der Waals surface area contributed by atoms with Crippen molar-refractivity contribution >= 4 is 11.9 Å². The summed E-state index contributed by atoms with van der Waals surface area (Å²) >= 11 is 0. The van der Waals surface area contributed by atoms with E-state index in [1.807, 2.05) is 12.2 Å². The normalized spacial score (nSPS) is 21.8. The molecule has 0 aromatic carbocycles. The number of esters is 2. The second-order valence-corrected chi connectivity index (χ2v) is 13.4. The average Bonchev–Trinajstić information content (AvgIpc) is 3.11. The molecule has 290 valence electrons. The van der Waals surface area contributed by atoms with E-state index in [9.17, 15) is 30.0 Å². The molecule has 0 amide bonds. The highest BCUT2D eigenvalue weighted by molar-refractivity contribution is 5.70. The SMILES string of the molecule is CCCCC/C=C/CCCCCCCC(=O)OCC(CO[C@H]1O[C@@H](CO)[C@@H](O)C(O)C1O)OC(=O)CC/C=C/C/C=C/CCCCCCCC. The summed E-state index contributed by atoms with van der Waals surface area (Å²) in [5, 5.41) is 39.9. The van der Waals surface area contributed by atoms with Gasteiger partial charge < -0.3 is 39.4 Å². The van der Waals surface area contributed by atoms with Gasteiger partial charge in [-0.1, -0.05) is 115 Å². The van der Waals surface area contributed by atoms with Crippen LogP contribution in [0.3, 0.4) is 0 Å². The highest BCUT2D eigenvalue weighted by atomic mass is 16.7. The van der Waals surface area contributed by atoms with Crippen molar-refractivity contribution in [3.8, 4) is 0 Å². The summed E-state index contributed by atoms with van der Waals surface area (Å²) in [5.74, 6) is -0.899. The predicted molar refractivity (Wildman–Crippen MR) is 196 cm³/mol. The molecule has 3 unspecified atom stereocenters. The number of carbonyl (C=O) groups excluding carboxylic acids is 2. The average molecular weight is 711 g/mol. The topological polar surface area (TPSA) is 152 Å². The number of hydrogen-bond donors (Lipinski definition) is 4. The lowest BCUT2D eigenvalue weighted by Gasteiger charge is -2.39. The van der Waals surface area contributed by atoms with Crippen LogP contribution < -0.4 is 0 Å². The fourth-order valence-electron chi connectivity index (χ4n) is 5.59. The van der Waals surface area contributed by atoms with E-state index in [2.05, 4.69) is 38.2 Å². The monoisotopic (exact) mass is 710 g/mol. The molecule has 10 nitrogen and oxygen atoms in total. The van der Waals surface area contributed by atoms with Crippen molar-refractivity contribution in [2.24, 2.45) is 0 Å². The van der Waals surface area contributed by atoms with Crippen molar-refractivity contribution in [1.29, 1.82) is 0 Å². The van der Waals surface area contributed by atoms with Crippen LogP contribution in [0, 0.1) is 0 Å². The molecule has 0 radical (unpaired) electrons. The Morgan fingerprint density at radius 2 is 1.16 bits per heavy atom. The Hall–Kier alpha value is -2.08. The first-order chi connectivity index (χ1) is 24.3. The summed E-state index contributed by atoms with van der Waals surface area (Å²) < 4.78 is 22.0. The van der Waals surface area contributed by atoms with E-state index < -0.39 is 55.4 Å². The zero-order chi connectivity index (χ0) is 36.7. The Morgan fingerprint density at radius 3 is 1.80 bits per heavy atom. The predicted octanol–water partition coefficient (Wildman–Crippen LogP) is 7.16. The van der Waals surface area contributed by atoms with Gasteiger partial charge in [-0.15, -0.1) is 0 Å². The Bertz CT molecular complexity index is 918. The third kappa shape index (κ3) is 23.4. The minimum Gasteiger partial charge on any atom is -0.462 e. The third-order valence-electron chi connectivity index (χ3n) is 8.76. The van der Waals surface area contributed by atoms with E-state index in [-0.39, 0.29) is 26.1 Å². The summed E-state index contributed by atoms with van der Waals surface area (Å²) in [6, 6.07) is 0. The molecule has 1 saturated heterocycles. The van der Waals surface area contributed by atoms with E-state index in [1.165, 1.54) is 57.8 Å². The van der Waals surface area contributed by atoms with E-state index in [1.54, 1.807) is 0 Å². The van der Waals surface area contributed by atoms with Gasteiger partial charge in [-0.3, -0.25) is 9.59 Å². The molecule has 1 aliphatic rings. The maximum atomic E-state index is 12.6. The Morgan fingerprint density at radius 1 is 0.620 bits per heavy atom. The van der Waals surface area contributed by atoms with Crippen molar-refractivity contribution in [2.75, 3.05) is 19.8 Å². The molecular weight excluding hydrogens is 640 g/mol. The molecule has 4 N–H and O–H groups in total. The Balaban J connectivity index is 2.45. The molecule has 1 heterocycles. The van der Waals surface area contributed by atoms with E-state index in [0.29, 0.717) is 12.8 Å². The second kappa shape index (κ2) is 31.6. The van der Waals surface area contributed by atoms with Gasteiger partial charge in [-0.05, 0) is 57.8 Å². The standard InChI is InChI=1S/C40H70O10/c1-3-5-7-9-11-13-15-17-19-21-23-25-27-29-36(43)49-33(32-48-40-39(46)38(45)37(44)34(30-41)50-40)31-47-35(42)28-26-24-22-20-18-16-14-12-10-8-6-4-2/h12,14,17,19,23,25,33-34,37-41,44-46H,3-11,13,15-16,18,20-22,24,26-32H2,1-2H3/b14-12+,19-17+,25-23+/t33?,34-,37+,38?,39?,40-/m0/s1. The zero-order valence-electron chi connectivity index (χ0n) is 31.1. The van der Waals surface area contributed by atoms with E-state index >= 15 is 0 Å². The van der Waals surface area contributed by atoms with Crippen LogP contribution in [-0.2, 0) is 28.5 Å².